The summed E-state index contributed by atoms with van der Waals surface area (Å²) in [5, 5.41) is 0. The predicted octanol–water partition coefficient (Wildman–Crippen LogP) is 3.13. The second kappa shape index (κ2) is 5.89. The van der Waals surface area contributed by atoms with E-state index in [0.717, 1.165) is 23.7 Å². The summed E-state index contributed by atoms with van der Waals surface area (Å²) in [6, 6.07) is 7.83. The van der Waals surface area contributed by atoms with Crippen molar-refractivity contribution < 1.29 is 8.92 Å². The summed E-state index contributed by atoms with van der Waals surface area (Å²) in [6.07, 6.45) is 1.03. The fraction of sp³-hybridized carbons (Fsp3) is 0.400. The van der Waals surface area contributed by atoms with E-state index in [1.54, 1.807) is 7.11 Å². The van der Waals surface area contributed by atoms with E-state index in [4.69, 9.17) is 8.92 Å². The van der Waals surface area contributed by atoms with E-state index < -0.39 is 0 Å². The van der Waals surface area contributed by atoms with Crippen molar-refractivity contribution in [1.29, 1.82) is 0 Å². The molecule has 0 spiro atoms. The van der Waals surface area contributed by atoms with Crippen LogP contribution in [0, 0.1) is 0 Å². The third-order valence-corrected chi connectivity index (χ3v) is 2.31. The highest BCUT2D eigenvalue weighted by Gasteiger charge is 2.01. The van der Waals surface area contributed by atoms with Crippen molar-refractivity contribution in [3.8, 4) is 5.75 Å². The normalized spacial score (nSPS) is 10.0. The molecule has 2 nitrogen and oxygen atoms in total. The number of methoxy groups -OCH3 is 1. The van der Waals surface area contributed by atoms with Crippen molar-refractivity contribution in [2.75, 3.05) is 13.7 Å². The van der Waals surface area contributed by atoms with Crippen LogP contribution in [-0.2, 0) is 4.18 Å². The van der Waals surface area contributed by atoms with Crippen molar-refractivity contribution >= 4 is 12.0 Å². The first kappa shape index (κ1) is 10.4. The van der Waals surface area contributed by atoms with Crippen LogP contribution in [0.1, 0.15) is 13.3 Å². The topological polar surface area (TPSA) is 18.5 Å². The number of rotatable bonds is 5. The molecule has 13 heavy (non-hydrogen) atoms. The Morgan fingerprint density at radius 2 is 2.08 bits per heavy atom. The van der Waals surface area contributed by atoms with E-state index in [1.807, 2.05) is 24.3 Å². The summed E-state index contributed by atoms with van der Waals surface area (Å²) >= 11 is 1.37. The van der Waals surface area contributed by atoms with Crippen molar-refractivity contribution in [2.24, 2.45) is 0 Å². The number of hydrogen-bond acceptors (Lipinski definition) is 3. The predicted molar refractivity (Wildman–Crippen MR) is 55.1 cm³/mol. The molecule has 0 fully saturated rings. The molecular formula is C10H14O2S. The molecule has 0 atom stereocenters. The summed E-state index contributed by atoms with van der Waals surface area (Å²) < 4.78 is 10.5. The van der Waals surface area contributed by atoms with Crippen molar-refractivity contribution in [2.45, 2.75) is 18.2 Å². The van der Waals surface area contributed by atoms with Crippen LogP contribution in [0.5, 0.6) is 5.75 Å². The quantitative estimate of drug-likeness (QED) is 0.535. The van der Waals surface area contributed by atoms with E-state index >= 15 is 0 Å². The maximum atomic E-state index is 5.35. The standard InChI is InChI=1S/C10H14O2S/c1-3-8-12-13-10-7-5-4-6-9(10)11-2/h4-7H,3,8H2,1-2H3. The zero-order chi connectivity index (χ0) is 9.52. The van der Waals surface area contributed by atoms with Gasteiger partial charge < -0.3 is 8.92 Å². The molecular weight excluding hydrogens is 184 g/mol. The summed E-state index contributed by atoms with van der Waals surface area (Å²) in [6.45, 7) is 2.85. The van der Waals surface area contributed by atoms with Gasteiger partial charge in [0, 0.05) is 12.0 Å². The molecule has 0 aromatic heterocycles. The molecule has 0 saturated carbocycles. The van der Waals surface area contributed by atoms with Gasteiger partial charge in [0.1, 0.15) is 5.75 Å². The van der Waals surface area contributed by atoms with Gasteiger partial charge in [0.05, 0.1) is 18.6 Å². The molecule has 0 unspecified atom stereocenters. The Bertz CT molecular complexity index is 250. The Morgan fingerprint density at radius 1 is 1.31 bits per heavy atom. The minimum atomic E-state index is 0.767. The highest BCUT2D eigenvalue weighted by atomic mass is 32.2. The summed E-state index contributed by atoms with van der Waals surface area (Å²) in [5.41, 5.74) is 0. The van der Waals surface area contributed by atoms with Crippen LogP contribution in [0.25, 0.3) is 0 Å². The Kier molecular flexibility index (Phi) is 4.72. The lowest BCUT2D eigenvalue weighted by molar-refractivity contribution is 0.368. The molecule has 3 heteroatoms. The summed E-state index contributed by atoms with van der Waals surface area (Å²) in [5.74, 6) is 0.864. The first-order valence-corrected chi connectivity index (χ1v) is 5.05. The molecule has 0 bridgehead atoms. The second-order valence-corrected chi connectivity index (χ2v) is 3.40. The number of ether oxygens (including phenoxy) is 1. The first-order valence-electron chi connectivity index (χ1n) is 4.31. The molecule has 0 aliphatic rings. The smallest absolute Gasteiger partial charge is 0.134 e. The maximum absolute atomic E-state index is 5.35. The first-order chi connectivity index (χ1) is 6.38. The van der Waals surface area contributed by atoms with Gasteiger partial charge in [-0.25, -0.2) is 0 Å². The van der Waals surface area contributed by atoms with Gasteiger partial charge in [-0.2, -0.15) is 0 Å². The highest BCUT2D eigenvalue weighted by molar-refractivity contribution is 7.94. The van der Waals surface area contributed by atoms with Gasteiger partial charge in [0.2, 0.25) is 0 Å². The van der Waals surface area contributed by atoms with Crippen molar-refractivity contribution in [3.05, 3.63) is 24.3 Å². The molecule has 72 valence electrons. The Morgan fingerprint density at radius 3 is 2.77 bits per heavy atom. The molecule has 1 aromatic carbocycles. The lowest BCUT2D eigenvalue weighted by atomic mass is 10.3. The molecule has 0 heterocycles. The van der Waals surface area contributed by atoms with Gasteiger partial charge in [-0.3, -0.25) is 0 Å². The van der Waals surface area contributed by atoms with E-state index in [1.165, 1.54) is 12.0 Å². The SMILES string of the molecule is CCCOSc1ccccc1OC. The third kappa shape index (κ3) is 3.28. The molecule has 0 aliphatic carbocycles. The summed E-state index contributed by atoms with van der Waals surface area (Å²) in [7, 11) is 1.67. The molecule has 1 aromatic rings. The maximum Gasteiger partial charge on any atom is 0.134 e. The fourth-order valence-electron chi connectivity index (χ4n) is 0.876. The lowest BCUT2D eigenvalue weighted by Gasteiger charge is -2.06. The zero-order valence-electron chi connectivity index (χ0n) is 7.95. The molecule has 0 saturated heterocycles. The second-order valence-electron chi connectivity index (χ2n) is 2.56. The van der Waals surface area contributed by atoms with E-state index in [0.29, 0.717) is 0 Å². The molecule has 0 radical (unpaired) electrons. The third-order valence-electron chi connectivity index (χ3n) is 1.51. The van der Waals surface area contributed by atoms with Crippen molar-refractivity contribution in [3.63, 3.8) is 0 Å². The Hall–Kier alpha value is -0.670. The van der Waals surface area contributed by atoms with E-state index in [-0.39, 0.29) is 0 Å². The van der Waals surface area contributed by atoms with Crippen LogP contribution in [0.2, 0.25) is 0 Å². The van der Waals surface area contributed by atoms with E-state index in [9.17, 15) is 0 Å². The molecule has 1 rings (SSSR count). The minimum Gasteiger partial charge on any atom is -0.496 e. The molecule has 0 aliphatic heterocycles. The lowest BCUT2D eigenvalue weighted by Crippen LogP contribution is -1.87. The summed E-state index contributed by atoms with van der Waals surface area (Å²) in [4.78, 5) is 1.03. The largest absolute Gasteiger partial charge is 0.496 e. The van der Waals surface area contributed by atoms with Crippen LogP contribution in [0.3, 0.4) is 0 Å². The van der Waals surface area contributed by atoms with Gasteiger partial charge in [0.25, 0.3) is 0 Å². The average molecular weight is 198 g/mol. The zero-order valence-corrected chi connectivity index (χ0v) is 8.76. The van der Waals surface area contributed by atoms with Crippen LogP contribution in [-0.4, -0.2) is 13.7 Å². The molecule has 0 N–H and O–H groups in total. The van der Waals surface area contributed by atoms with E-state index in [2.05, 4.69) is 6.92 Å². The minimum absolute atomic E-state index is 0.767. The van der Waals surface area contributed by atoms with Gasteiger partial charge in [-0.1, -0.05) is 19.1 Å². The van der Waals surface area contributed by atoms with Crippen LogP contribution < -0.4 is 4.74 Å². The Balaban J connectivity index is 2.54. The fourth-order valence-corrected chi connectivity index (χ4v) is 1.62. The number of benzene rings is 1. The molecule has 0 amide bonds. The Labute approximate surface area is 83.5 Å². The van der Waals surface area contributed by atoms with Gasteiger partial charge in [-0.05, 0) is 18.6 Å². The van der Waals surface area contributed by atoms with Crippen molar-refractivity contribution in [1.82, 2.24) is 0 Å². The number of hydrogen-bond donors (Lipinski definition) is 0. The highest BCUT2D eigenvalue weighted by Crippen LogP contribution is 2.29. The monoisotopic (exact) mass is 198 g/mol. The van der Waals surface area contributed by atoms with Crippen LogP contribution in [0.4, 0.5) is 0 Å². The van der Waals surface area contributed by atoms with Crippen LogP contribution in [0.15, 0.2) is 29.2 Å². The average Bonchev–Trinajstić information content (AvgIpc) is 2.19. The van der Waals surface area contributed by atoms with Gasteiger partial charge in [-0.15, -0.1) is 0 Å². The van der Waals surface area contributed by atoms with Crippen LogP contribution >= 0.6 is 12.0 Å². The van der Waals surface area contributed by atoms with Gasteiger partial charge >= 0.3 is 0 Å². The van der Waals surface area contributed by atoms with Gasteiger partial charge in [0.15, 0.2) is 0 Å². The number of para-hydroxylation sites is 1.